The number of nitrogens with one attached hydrogen (secondary N) is 6. The van der Waals surface area contributed by atoms with Crippen LogP contribution in [0.3, 0.4) is 0 Å². The maximum absolute atomic E-state index is 14.6. The van der Waals surface area contributed by atoms with Crippen LogP contribution in [-0.4, -0.2) is 138 Å². The summed E-state index contributed by atoms with van der Waals surface area (Å²) in [6, 6.07) is 12.8. The van der Waals surface area contributed by atoms with Gasteiger partial charge in [-0.2, -0.15) is 0 Å². The molecule has 8 amide bonds. The van der Waals surface area contributed by atoms with E-state index in [0.717, 1.165) is 22.9 Å². The third-order valence-electron chi connectivity index (χ3n) is 10.5. The Morgan fingerprint density at radius 2 is 1.33 bits per heavy atom. The molecule has 1 heterocycles. The van der Waals surface area contributed by atoms with Crippen LogP contribution in [0.1, 0.15) is 69.9 Å². The summed E-state index contributed by atoms with van der Waals surface area (Å²) < 4.78 is 0. The van der Waals surface area contributed by atoms with Gasteiger partial charge in [-0.05, 0) is 68.7 Å². The minimum atomic E-state index is -1.28. The Morgan fingerprint density at radius 1 is 0.697 bits per heavy atom. The lowest BCUT2D eigenvalue weighted by Crippen LogP contribution is -2.58. The van der Waals surface area contributed by atoms with Crippen molar-refractivity contribution >= 4 is 64.1 Å². The molecule has 2 aromatic carbocycles. The molecule has 3 rings (SSSR count). The van der Waals surface area contributed by atoms with E-state index in [9.17, 15) is 38.4 Å². The third-order valence-corrected chi connectivity index (χ3v) is 10.5. The molecular weight excluding hydrogens is 851 g/mol. The monoisotopic (exact) mass is 918 g/mol. The number of nitrogens with two attached hydrogens (primary N) is 4. The summed E-state index contributed by atoms with van der Waals surface area (Å²) in [5.41, 5.74) is 24.5. The molecule has 0 bridgehead atoms. The number of amides is 8. The first-order valence-electron chi connectivity index (χ1n) is 22.2. The molecule has 21 nitrogen and oxygen atoms in total. The van der Waals surface area contributed by atoms with Crippen molar-refractivity contribution < 1.29 is 38.4 Å². The summed E-state index contributed by atoms with van der Waals surface area (Å²) in [6.45, 7) is 2.54. The number of primary amides is 1. The number of aromatic nitrogens is 1. The van der Waals surface area contributed by atoms with E-state index in [2.05, 4.69) is 36.6 Å². The molecule has 0 unspecified atom stereocenters. The molecule has 360 valence electrons. The number of rotatable bonds is 30. The summed E-state index contributed by atoms with van der Waals surface area (Å²) >= 11 is 0. The molecule has 0 saturated carbocycles. The lowest BCUT2D eigenvalue weighted by atomic mass is 10.0. The van der Waals surface area contributed by atoms with Gasteiger partial charge in [0.15, 0.2) is 5.96 Å². The average Bonchev–Trinajstić information content (AvgIpc) is 3.71. The van der Waals surface area contributed by atoms with Gasteiger partial charge in [0.2, 0.25) is 47.3 Å². The van der Waals surface area contributed by atoms with E-state index in [0.29, 0.717) is 44.3 Å². The topological polar surface area (TPSA) is 335 Å². The standard InChI is InChI=1S/C45H67N13O8/c1-3-4-22-57(30(2)59)28-40(62)53-27-39(61)54-35(17-10-11-20-46)42(64)56-37(24-31-13-6-5-7-14-31)43(65)55-36(18-12-21-50-45(48)49)44(66)58(29-41(63)52-26-38(47)60)23-19-32-25-51-34-16-9-8-15-33(32)34/h5-9,13-16,25,35-37,51H,3-4,10-12,17-24,26-29,46H2,1-2H3,(H2,47,60)(H,52,63)(H,53,62)(H,54,61)(H,55,65)(H,56,64)(H4,48,49,50)/t35-,36-,37+/m0/s1. The summed E-state index contributed by atoms with van der Waals surface area (Å²) in [7, 11) is 0. The molecule has 0 radical (unpaired) electrons. The number of guanidine groups is 1. The fourth-order valence-corrected chi connectivity index (χ4v) is 6.97. The smallest absolute Gasteiger partial charge is 0.245 e. The number of benzene rings is 2. The minimum absolute atomic E-state index is 0.0165. The van der Waals surface area contributed by atoms with E-state index in [4.69, 9.17) is 22.9 Å². The second-order valence-electron chi connectivity index (χ2n) is 15.8. The molecule has 1 aromatic heterocycles. The molecule has 14 N–H and O–H groups in total. The Bertz CT molecular complexity index is 2110. The fraction of sp³-hybridized carbons (Fsp3) is 0.489. The number of nitrogens with zero attached hydrogens (tertiary/aromatic N) is 3. The van der Waals surface area contributed by atoms with Crippen LogP contribution in [0.4, 0.5) is 0 Å². The number of unbranched alkanes of at least 4 members (excludes halogenated alkanes) is 2. The summed E-state index contributed by atoms with van der Waals surface area (Å²) in [5, 5.41) is 14.1. The van der Waals surface area contributed by atoms with Crippen molar-refractivity contribution in [2.24, 2.45) is 27.9 Å². The molecule has 0 saturated heterocycles. The first kappa shape index (κ1) is 53.3. The van der Waals surface area contributed by atoms with Crippen molar-refractivity contribution in [1.82, 2.24) is 41.4 Å². The predicted molar refractivity (Wildman–Crippen MR) is 250 cm³/mol. The van der Waals surface area contributed by atoms with Crippen LogP contribution in [0.15, 0.2) is 65.8 Å². The van der Waals surface area contributed by atoms with Gasteiger partial charge in [-0.3, -0.25) is 43.3 Å². The molecule has 3 aromatic rings. The lowest BCUT2D eigenvalue weighted by molar-refractivity contribution is -0.140. The molecule has 0 aliphatic rings. The van der Waals surface area contributed by atoms with Gasteiger partial charge >= 0.3 is 0 Å². The Kier molecular flexibility index (Phi) is 23.2. The fourth-order valence-electron chi connectivity index (χ4n) is 6.97. The van der Waals surface area contributed by atoms with Gasteiger partial charge in [-0.25, -0.2) is 0 Å². The van der Waals surface area contributed by atoms with Crippen molar-refractivity contribution in [2.75, 3.05) is 52.4 Å². The van der Waals surface area contributed by atoms with Gasteiger partial charge in [0.1, 0.15) is 18.1 Å². The molecule has 0 aliphatic heterocycles. The zero-order valence-corrected chi connectivity index (χ0v) is 37.9. The Balaban J connectivity index is 1.89. The van der Waals surface area contributed by atoms with Crippen LogP contribution in [0.25, 0.3) is 10.9 Å². The summed E-state index contributed by atoms with van der Waals surface area (Å²) in [4.78, 5) is 115. The number of aromatic amines is 1. The molecule has 66 heavy (non-hydrogen) atoms. The zero-order valence-electron chi connectivity index (χ0n) is 37.9. The van der Waals surface area contributed by atoms with Gasteiger partial charge < -0.3 is 64.3 Å². The Morgan fingerprint density at radius 3 is 2.00 bits per heavy atom. The number of hydrogen-bond acceptors (Lipinski definition) is 10. The van der Waals surface area contributed by atoms with Gasteiger partial charge in [0.25, 0.3) is 0 Å². The number of fused-ring (bicyclic) bond motifs is 1. The van der Waals surface area contributed by atoms with Crippen LogP contribution in [0.2, 0.25) is 0 Å². The average molecular weight is 918 g/mol. The van der Waals surface area contributed by atoms with Crippen LogP contribution < -0.4 is 49.5 Å². The first-order chi connectivity index (χ1) is 31.6. The van der Waals surface area contributed by atoms with Crippen molar-refractivity contribution in [3.63, 3.8) is 0 Å². The molecular formula is C45H67N13O8. The number of carbonyl (C=O) groups excluding carboxylic acids is 8. The van der Waals surface area contributed by atoms with E-state index in [1.165, 1.54) is 16.7 Å². The van der Waals surface area contributed by atoms with Crippen molar-refractivity contribution in [3.8, 4) is 0 Å². The van der Waals surface area contributed by atoms with E-state index >= 15 is 0 Å². The maximum atomic E-state index is 14.6. The minimum Gasteiger partial charge on any atom is -0.370 e. The number of aliphatic imine (C=N–C) groups is 1. The number of para-hydroxylation sites is 1. The highest BCUT2D eigenvalue weighted by atomic mass is 16.2. The molecule has 0 aliphatic carbocycles. The second-order valence-corrected chi connectivity index (χ2v) is 15.8. The SMILES string of the molecule is CCCCN(CC(=O)NCC(=O)N[C@@H](CCCCN)C(=O)N[C@H](Cc1ccccc1)C(=O)N[C@@H](CCCN=C(N)N)C(=O)N(CCc1c[nH]c2ccccc12)CC(=O)NCC(N)=O)C(C)=O. The molecule has 21 heteroatoms. The van der Waals surface area contributed by atoms with Crippen LogP contribution >= 0.6 is 0 Å². The van der Waals surface area contributed by atoms with Crippen molar-refractivity contribution in [3.05, 3.63) is 71.9 Å². The Labute approximate surface area is 385 Å². The third kappa shape index (κ3) is 19.4. The lowest BCUT2D eigenvalue weighted by Gasteiger charge is -2.29. The first-order valence-corrected chi connectivity index (χ1v) is 22.2. The number of H-pyrrole nitrogens is 1. The molecule has 3 atom stereocenters. The second kappa shape index (κ2) is 28.7. The quantitative estimate of drug-likeness (QED) is 0.0215. The van der Waals surface area contributed by atoms with E-state index in [1.54, 1.807) is 30.3 Å². The number of hydrogen-bond donors (Lipinski definition) is 10. The summed E-state index contributed by atoms with van der Waals surface area (Å²) in [5.74, 6) is -5.18. The highest BCUT2D eigenvalue weighted by Crippen LogP contribution is 2.19. The van der Waals surface area contributed by atoms with E-state index < -0.39 is 79.1 Å². The number of carbonyl (C=O) groups is 8. The predicted octanol–water partition coefficient (Wildman–Crippen LogP) is -1.22. The van der Waals surface area contributed by atoms with Crippen LogP contribution in [-0.2, 0) is 51.2 Å². The zero-order chi connectivity index (χ0) is 48.4. The Hall–Kier alpha value is -7.03. The highest BCUT2D eigenvalue weighted by Gasteiger charge is 2.32. The molecule has 0 spiro atoms. The van der Waals surface area contributed by atoms with Crippen LogP contribution in [0, 0.1) is 0 Å². The van der Waals surface area contributed by atoms with Gasteiger partial charge in [0.05, 0.1) is 26.2 Å². The molecule has 0 fully saturated rings. The van der Waals surface area contributed by atoms with Gasteiger partial charge in [-0.15, -0.1) is 0 Å². The summed E-state index contributed by atoms with van der Waals surface area (Å²) in [6.07, 6.45) is 5.00. The van der Waals surface area contributed by atoms with Gasteiger partial charge in [-0.1, -0.05) is 61.9 Å². The van der Waals surface area contributed by atoms with E-state index in [1.807, 2.05) is 37.4 Å². The van der Waals surface area contributed by atoms with Crippen LogP contribution in [0.5, 0.6) is 0 Å². The van der Waals surface area contributed by atoms with Crippen molar-refractivity contribution in [1.29, 1.82) is 0 Å². The van der Waals surface area contributed by atoms with Crippen molar-refractivity contribution in [2.45, 2.75) is 89.8 Å². The largest absolute Gasteiger partial charge is 0.370 e. The normalized spacial score (nSPS) is 12.2. The van der Waals surface area contributed by atoms with E-state index in [-0.39, 0.29) is 57.2 Å². The van der Waals surface area contributed by atoms with Gasteiger partial charge in [0, 0.05) is 50.1 Å². The highest BCUT2D eigenvalue weighted by molar-refractivity contribution is 5.96. The maximum Gasteiger partial charge on any atom is 0.245 e.